The predicted octanol–water partition coefficient (Wildman–Crippen LogP) is 2.27. The summed E-state index contributed by atoms with van der Waals surface area (Å²) in [7, 11) is 0. The van der Waals surface area contributed by atoms with Gasteiger partial charge in [0.05, 0.1) is 0 Å². The Labute approximate surface area is 69.8 Å². The van der Waals surface area contributed by atoms with Crippen LogP contribution in [0.4, 0.5) is 0 Å². The summed E-state index contributed by atoms with van der Waals surface area (Å²) >= 11 is 0. The van der Waals surface area contributed by atoms with Crippen molar-refractivity contribution in [3.8, 4) is 0 Å². The van der Waals surface area contributed by atoms with E-state index in [1.54, 1.807) is 0 Å². The molecule has 0 aromatic carbocycles. The van der Waals surface area contributed by atoms with Crippen LogP contribution in [0, 0.1) is 5.92 Å². The molecule has 2 aliphatic rings. The van der Waals surface area contributed by atoms with Crippen molar-refractivity contribution in [2.45, 2.75) is 51.6 Å². The zero-order valence-electron chi connectivity index (χ0n) is 7.71. The molecule has 2 bridgehead atoms. The van der Waals surface area contributed by atoms with Crippen molar-refractivity contribution in [3.63, 3.8) is 0 Å². The Balaban J connectivity index is 2.06. The number of fused-ring (bicyclic) bond motifs is 2. The summed E-state index contributed by atoms with van der Waals surface area (Å²) in [5.41, 5.74) is 0. The molecule has 2 fully saturated rings. The van der Waals surface area contributed by atoms with Gasteiger partial charge in [-0.25, -0.2) is 0 Å². The highest BCUT2D eigenvalue weighted by molar-refractivity contribution is 4.93. The second kappa shape index (κ2) is 2.78. The van der Waals surface area contributed by atoms with Gasteiger partial charge in [-0.05, 0) is 38.1 Å². The number of nitrogens with zero attached hydrogens (tertiary/aromatic N) is 1. The summed E-state index contributed by atoms with van der Waals surface area (Å²) in [4.78, 5) is 2.72. The van der Waals surface area contributed by atoms with Crippen LogP contribution in [-0.4, -0.2) is 23.5 Å². The highest BCUT2D eigenvalue weighted by atomic mass is 15.2. The molecule has 1 nitrogen and oxygen atoms in total. The van der Waals surface area contributed by atoms with Gasteiger partial charge in [0.1, 0.15) is 0 Å². The molecule has 2 saturated heterocycles. The Morgan fingerprint density at radius 1 is 1.18 bits per heavy atom. The third kappa shape index (κ3) is 1.20. The van der Waals surface area contributed by atoms with Gasteiger partial charge in [-0.2, -0.15) is 0 Å². The van der Waals surface area contributed by atoms with Crippen molar-refractivity contribution in [2.75, 3.05) is 6.54 Å². The smallest absolute Gasteiger partial charge is 0.0101 e. The summed E-state index contributed by atoms with van der Waals surface area (Å²) in [5.74, 6) is 0.996. The first-order chi connectivity index (χ1) is 5.31. The Hall–Kier alpha value is -0.0400. The summed E-state index contributed by atoms with van der Waals surface area (Å²) in [6.45, 7) is 6.00. The van der Waals surface area contributed by atoms with Crippen molar-refractivity contribution in [1.82, 2.24) is 4.90 Å². The molecule has 11 heavy (non-hydrogen) atoms. The van der Waals surface area contributed by atoms with Crippen molar-refractivity contribution >= 4 is 0 Å². The highest BCUT2D eigenvalue weighted by Gasteiger charge is 2.37. The van der Waals surface area contributed by atoms with Crippen LogP contribution < -0.4 is 0 Å². The van der Waals surface area contributed by atoms with Crippen LogP contribution >= 0.6 is 0 Å². The average Bonchev–Trinajstić information content (AvgIpc) is 2.23. The van der Waals surface area contributed by atoms with Crippen LogP contribution in [0.2, 0.25) is 0 Å². The Morgan fingerprint density at radius 3 is 2.18 bits per heavy atom. The highest BCUT2D eigenvalue weighted by Crippen LogP contribution is 2.37. The standard InChI is InChI=1S/C10H19N/c1-3-11-9-4-5-10(11)7-8(2)6-9/h8-10H,3-7H2,1-2H3/t8?,9-,10+. The molecule has 0 aromatic heterocycles. The lowest BCUT2D eigenvalue weighted by atomic mass is 9.92. The molecule has 0 saturated carbocycles. The van der Waals surface area contributed by atoms with Gasteiger partial charge in [0.2, 0.25) is 0 Å². The molecule has 0 aromatic rings. The normalized spacial score (nSPS) is 44.7. The van der Waals surface area contributed by atoms with E-state index in [1.807, 2.05) is 0 Å². The van der Waals surface area contributed by atoms with Crippen LogP contribution in [0.5, 0.6) is 0 Å². The summed E-state index contributed by atoms with van der Waals surface area (Å²) in [6.07, 6.45) is 5.88. The molecule has 3 atom stereocenters. The maximum Gasteiger partial charge on any atom is 0.0101 e. The van der Waals surface area contributed by atoms with E-state index in [2.05, 4.69) is 18.7 Å². The van der Waals surface area contributed by atoms with E-state index in [4.69, 9.17) is 0 Å². The van der Waals surface area contributed by atoms with Crippen LogP contribution in [0.25, 0.3) is 0 Å². The minimum Gasteiger partial charge on any atom is -0.298 e. The Bertz CT molecular complexity index is 130. The third-order valence-corrected chi connectivity index (χ3v) is 3.49. The van der Waals surface area contributed by atoms with Gasteiger partial charge in [-0.3, -0.25) is 4.90 Å². The summed E-state index contributed by atoms with van der Waals surface area (Å²) < 4.78 is 0. The molecule has 2 aliphatic heterocycles. The zero-order valence-corrected chi connectivity index (χ0v) is 7.71. The van der Waals surface area contributed by atoms with Gasteiger partial charge >= 0.3 is 0 Å². The molecule has 64 valence electrons. The first-order valence-corrected chi connectivity index (χ1v) is 5.07. The molecule has 0 amide bonds. The van der Waals surface area contributed by atoms with E-state index < -0.39 is 0 Å². The molecule has 0 spiro atoms. The molecule has 2 rings (SSSR count). The van der Waals surface area contributed by atoms with E-state index in [0.29, 0.717) is 0 Å². The fourth-order valence-electron chi connectivity index (χ4n) is 3.06. The topological polar surface area (TPSA) is 3.24 Å². The molecular formula is C10H19N. The quantitative estimate of drug-likeness (QED) is 0.558. The maximum atomic E-state index is 2.72. The molecule has 2 heterocycles. The molecular weight excluding hydrogens is 134 g/mol. The molecule has 0 radical (unpaired) electrons. The third-order valence-electron chi connectivity index (χ3n) is 3.49. The zero-order chi connectivity index (χ0) is 7.84. The second-order valence-corrected chi connectivity index (χ2v) is 4.29. The van der Waals surface area contributed by atoms with E-state index in [1.165, 1.54) is 32.2 Å². The number of hydrogen-bond donors (Lipinski definition) is 0. The van der Waals surface area contributed by atoms with Gasteiger partial charge in [0, 0.05) is 12.1 Å². The lowest BCUT2D eigenvalue weighted by molar-refractivity contribution is 0.117. The van der Waals surface area contributed by atoms with Gasteiger partial charge in [0.15, 0.2) is 0 Å². The molecule has 0 aliphatic carbocycles. The minimum atomic E-state index is 0.953. The fourth-order valence-corrected chi connectivity index (χ4v) is 3.06. The number of hydrogen-bond acceptors (Lipinski definition) is 1. The lowest BCUT2D eigenvalue weighted by Gasteiger charge is -2.36. The molecule has 1 heteroatoms. The molecule has 1 unspecified atom stereocenters. The minimum absolute atomic E-state index is 0.953. The largest absolute Gasteiger partial charge is 0.298 e. The van der Waals surface area contributed by atoms with Crippen LogP contribution in [-0.2, 0) is 0 Å². The second-order valence-electron chi connectivity index (χ2n) is 4.29. The molecule has 0 N–H and O–H groups in total. The lowest BCUT2D eigenvalue weighted by Crippen LogP contribution is -2.41. The van der Waals surface area contributed by atoms with E-state index in [9.17, 15) is 0 Å². The predicted molar refractivity (Wildman–Crippen MR) is 47.6 cm³/mol. The van der Waals surface area contributed by atoms with Crippen molar-refractivity contribution in [3.05, 3.63) is 0 Å². The van der Waals surface area contributed by atoms with Gasteiger partial charge < -0.3 is 0 Å². The SMILES string of the molecule is CCN1[C@@H]2CC[C@H]1CC(C)C2. The summed E-state index contributed by atoms with van der Waals surface area (Å²) in [5, 5.41) is 0. The Morgan fingerprint density at radius 2 is 1.73 bits per heavy atom. The van der Waals surface area contributed by atoms with Crippen molar-refractivity contribution in [2.24, 2.45) is 5.92 Å². The van der Waals surface area contributed by atoms with Crippen LogP contribution in [0.1, 0.15) is 39.5 Å². The fraction of sp³-hybridized carbons (Fsp3) is 1.00. The number of piperidine rings is 1. The van der Waals surface area contributed by atoms with Crippen LogP contribution in [0.15, 0.2) is 0 Å². The first-order valence-electron chi connectivity index (χ1n) is 5.07. The van der Waals surface area contributed by atoms with Gasteiger partial charge in [0.25, 0.3) is 0 Å². The van der Waals surface area contributed by atoms with Gasteiger partial charge in [-0.1, -0.05) is 13.8 Å². The average molecular weight is 153 g/mol. The number of rotatable bonds is 1. The van der Waals surface area contributed by atoms with Crippen LogP contribution in [0.3, 0.4) is 0 Å². The van der Waals surface area contributed by atoms with Gasteiger partial charge in [-0.15, -0.1) is 0 Å². The Kier molecular flexibility index (Phi) is 1.92. The van der Waals surface area contributed by atoms with Crippen molar-refractivity contribution < 1.29 is 0 Å². The first kappa shape index (κ1) is 7.60. The van der Waals surface area contributed by atoms with E-state index >= 15 is 0 Å². The maximum absolute atomic E-state index is 2.72. The summed E-state index contributed by atoms with van der Waals surface area (Å²) in [6, 6.07) is 1.91. The van der Waals surface area contributed by atoms with E-state index in [-0.39, 0.29) is 0 Å². The van der Waals surface area contributed by atoms with Crippen molar-refractivity contribution in [1.29, 1.82) is 0 Å². The van der Waals surface area contributed by atoms with E-state index in [0.717, 1.165) is 18.0 Å². The monoisotopic (exact) mass is 153 g/mol.